The number of pyridine rings is 1. The third-order valence-electron chi connectivity index (χ3n) is 2.38. The number of nitrogens with one attached hydrogen (secondary N) is 1. The Hall–Kier alpha value is -1.54. The average Bonchev–Trinajstić information content (AvgIpc) is 2.32. The number of halogens is 1. The molecule has 0 fully saturated rings. The molecule has 0 unspecified atom stereocenters. The monoisotopic (exact) mass is 246 g/mol. The summed E-state index contributed by atoms with van der Waals surface area (Å²) >= 11 is 6.18. The molecule has 88 valence electrons. The second-order valence-electron chi connectivity index (χ2n) is 4.21. The van der Waals surface area contributed by atoms with Crippen molar-refractivity contribution >= 4 is 17.4 Å². The maximum absolute atomic E-state index is 6.18. The van der Waals surface area contributed by atoms with E-state index in [0.29, 0.717) is 11.1 Å². The van der Waals surface area contributed by atoms with Gasteiger partial charge in [0.25, 0.3) is 0 Å². The van der Waals surface area contributed by atoms with Crippen molar-refractivity contribution in [3.8, 4) is 11.1 Å². The third kappa shape index (κ3) is 2.98. The zero-order valence-electron chi connectivity index (χ0n) is 9.94. The summed E-state index contributed by atoms with van der Waals surface area (Å²) in [5.41, 5.74) is 2.11. The van der Waals surface area contributed by atoms with Gasteiger partial charge < -0.3 is 5.32 Å². The lowest BCUT2D eigenvalue weighted by Crippen LogP contribution is -2.10. The first-order valence-corrected chi connectivity index (χ1v) is 6.02. The minimum absolute atomic E-state index is 0.354. The van der Waals surface area contributed by atoms with E-state index < -0.39 is 0 Å². The quantitative estimate of drug-likeness (QED) is 0.877. The van der Waals surface area contributed by atoms with Crippen molar-refractivity contribution in [1.82, 2.24) is 4.98 Å². The van der Waals surface area contributed by atoms with Gasteiger partial charge in [0.2, 0.25) is 0 Å². The summed E-state index contributed by atoms with van der Waals surface area (Å²) in [6.07, 6.45) is 1.69. The topological polar surface area (TPSA) is 24.9 Å². The average molecular weight is 247 g/mol. The molecule has 2 aromatic rings. The number of anilines is 1. The third-order valence-corrected chi connectivity index (χ3v) is 2.68. The molecule has 0 atom stereocenters. The van der Waals surface area contributed by atoms with Crippen LogP contribution >= 0.6 is 11.6 Å². The number of nitrogens with zero attached hydrogens (tertiary/aromatic N) is 1. The molecule has 2 nitrogen and oxygen atoms in total. The number of aromatic nitrogens is 1. The molecular formula is C14H15ClN2. The Morgan fingerprint density at radius 3 is 2.53 bits per heavy atom. The molecule has 1 aromatic heterocycles. The Morgan fingerprint density at radius 2 is 1.88 bits per heavy atom. The lowest BCUT2D eigenvalue weighted by Gasteiger charge is -2.11. The summed E-state index contributed by atoms with van der Waals surface area (Å²) in [7, 11) is 0. The van der Waals surface area contributed by atoms with E-state index in [2.05, 4.69) is 24.1 Å². The van der Waals surface area contributed by atoms with Gasteiger partial charge in [-0.3, -0.25) is 0 Å². The summed E-state index contributed by atoms with van der Waals surface area (Å²) < 4.78 is 0. The second kappa shape index (κ2) is 5.19. The summed E-state index contributed by atoms with van der Waals surface area (Å²) in [5.74, 6) is 0.850. The molecule has 0 aliphatic heterocycles. The number of hydrogen-bond acceptors (Lipinski definition) is 2. The molecule has 3 heteroatoms. The molecule has 0 saturated heterocycles. The van der Waals surface area contributed by atoms with Crippen molar-refractivity contribution in [2.24, 2.45) is 0 Å². The van der Waals surface area contributed by atoms with Gasteiger partial charge in [0.15, 0.2) is 0 Å². The summed E-state index contributed by atoms with van der Waals surface area (Å²) in [5, 5.41) is 3.94. The second-order valence-corrected chi connectivity index (χ2v) is 4.62. The molecule has 1 N–H and O–H groups in total. The molecule has 0 amide bonds. The van der Waals surface area contributed by atoms with Crippen LogP contribution in [0.15, 0.2) is 42.6 Å². The molecule has 0 aliphatic rings. The van der Waals surface area contributed by atoms with Crippen LogP contribution in [0.5, 0.6) is 0 Å². The van der Waals surface area contributed by atoms with E-state index >= 15 is 0 Å². The highest BCUT2D eigenvalue weighted by molar-refractivity contribution is 6.33. The van der Waals surface area contributed by atoms with Crippen LogP contribution < -0.4 is 5.32 Å². The molecule has 0 aliphatic carbocycles. The predicted octanol–water partition coefficient (Wildman–Crippen LogP) is 4.22. The maximum atomic E-state index is 6.18. The van der Waals surface area contributed by atoms with Crippen molar-refractivity contribution < 1.29 is 0 Å². The van der Waals surface area contributed by atoms with Crippen molar-refractivity contribution in [3.63, 3.8) is 0 Å². The molecule has 1 aromatic carbocycles. The van der Waals surface area contributed by atoms with Crippen LogP contribution in [0.3, 0.4) is 0 Å². The Kier molecular flexibility index (Phi) is 3.64. The largest absolute Gasteiger partial charge is 0.368 e. The number of hydrogen-bond donors (Lipinski definition) is 1. The van der Waals surface area contributed by atoms with Gasteiger partial charge in [0.05, 0.1) is 5.02 Å². The van der Waals surface area contributed by atoms with Gasteiger partial charge in [-0.1, -0.05) is 41.9 Å². The minimum atomic E-state index is 0.354. The molecule has 1 heterocycles. The zero-order chi connectivity index (χ0) is 12.3. The fraction of sp³-hybridized carbons (Fsp3) is 0.214. The highest BCUT2D eigenvalue weighted by atomic mass is 35.5. The highest BCUT2D eigenvalue weighted by Gasteiger charge is 2.06. The van der Waals surface area contributed by atoms with E-state index in [4.69, 9.17) is 11.6 Å². The summed E-state index contributed by atoms with van der Waals surface area (Å²) in [6.45, 7) is 4.16. The highest BCUT2D eigenvalue weighted by Crippen LogP contribution is 2.29. The van der Waals surface area contributed by atoms with Crippen LogP contribution in [-0.2, 0) is 0 Å². The van der Waals surface area contributed by atoms with E-state index in [1.165, 1.54) is 0 Å². The zero-order valence-corrected chi connectivity index (χ0v) is 10.7. The normalized spacial score (nSPS) is 10.6. The van der Waals surface area contributed by atoms with Gasteiger partial charge in [0.1, 0.15) is 5.82 Å². The number of rotatable bonds is 3. The predicted molar refractivity (Wildman–Crippen MR) is 73.4 cm³/mol. The molecule has 17 heavy (non-hydrogen) atoms. The van der Waals surface area contributed by atoms with Gasteiger partial charge in [-0.2, -0.15) is 0 Å². The fourth-order valence-electron chi connectivity index (χ4n) is 1.65. The van der Waals surface area contributed by atoms with Crippen LogP contribution in [0.1, 0.15) is 13.8 Å². The van der Waals surface area contributed by atoms with Crippen molar-refractivity contribution in [1.29, 1.82) is 0 Å². The van der Waals surface area contributed by atoms with E-state index in [9.17, 15) is 0 Å². The Labute approximate surface area is 107 Å². The van der Waals surface area contributed by atoms with Gasteiger partial charge in [0, 0.05) is 17.8 Å². The molecule has 0 spiro atoms. The Balaban J connectivity index is 2.40. The van der Waals surface area contributed by atoms with Crippen LogP contribution in [0.25, 0.3) is 11.1 Å². The van der Waals surface area contributed by atoms with Gasteiger partial charge in [-0.05, 0) is 25.5 Å². The van der Waals surface area contributed by atoms with E-state index in [1.54, 1.807) is 6.20 Å². The first-order chi connectivity index (χ1) is 8.16. The number of benzene rings is 1. The van der Waals surface area contributed by atoms with Crippen LogP contribution in [0, 0.1) is 0 Å². The fourth-order valence-corrected chi connectivity index (χ4v) is 1.86. The van der Waals surface area contributed by atoms with Crippen LogP contribution in [-0.4, -0.2) is 11.0 Å². The molecular weight excluding hydrogens is 232 g/mol. The van der Waals surface area contributed by atoms with Gasteiger partial charge in [-0.25, -0.2) is 4.98 Å². The molecule has 0 radical (unpaired) electrons. The van der Waals surface area contributed by atoms with Gasteiger partial charge >= 0.3 is 0 Å². The summed E-state index contributed by atoms with van der Waals surface area (Å²) in [4.78, 5) is 4.26. The first kappa shape index (κ1) is 11.9. The van der Waals surface area contributed by atoms with Crippen LogP contribution in [0.2, 0.25) is 5.02 Å². The lowest BCUT2D eigenvalue weighted by molar-refractivity contribution is 0.889. The van der Waals surface area contributed by atoms with Crippen molar-refractivity contribution in [2.45, 2.75) is 19.9 Å². The maximum Gasteiger partial charge on any atom is 0.126 e. The molecule has 2 rings (SSSR count). The summed E-state index contributed by atoms with van der Waals surface area (Å²) in [6, 6.07) is 12.4. The molecule has 0 bridgehead atoms. The Morgan fingerprint density at radius 1 is 1.18 bits per heavy atom. The lowest BCUT2D eigenvalue weighted by atomic mass is 10.1. The smallest absolute Gasteiger partial charge is 0.126 e. The van der Waals surface area contributed by atoms with Crippen molar-refractivity contribution in [2.75, 3.05) is 5.32 Å². The molecule has 0 saturated carbocycles. The van der Waals surface area contributed by atoms with E-state index in [0.717, 1.165) is 16.9 Å². The minimum Gasteiger partial charge on any atom is -0.368 e. The van der Waals surface area contributed by atoms with Gasteiger partial charge in [-0.15, -0.1) is 0 Å². The van der Waals surface area contributed by atoms with E-state index in [1.807, 2.05) is 36.4 Å². The standard InChI is InChI=1S/C14H15ClN2/c1-10(2)17-14-8-12(13(15)9-16-14)11-6-4-3-5-7-11/h3-10H,1-2H3,(H,16,17). The van der Waals surface area contributed by atoms with Crippen molar-refractivity contribution in [3.05, 3.63) is 47.6 Å². The Bertz CT molecular complexity index is 495. The van der Waals surface area contributed by atoms with E-state index in [-0.39, 0.29) is 0 Å². The van der Waals surface area contributed by atoms with Crippen LogP contribution in [0.4, 0.5) is 5.82 Å². The SMILES string of the molecule is CC(C)Nc1cc(-c2ccccc2)c(Cl)cn1. The first-order valence-electron chi connectivity index (χ1n) is 5.64.